The molecule has 0 bridgehead atoms. The van der Waals surface area contributed by atoms with Crippen LogP contribution >= 0.6 is 11.8 Å². The van der Waals surface area contributed by atoms with Crippen molar-refractivity contribution < 1.29 is 4.52 Å². The van der Waals surface area contributed by atoms with Crippen molar-refractivity contribution in [3.8, 4) is 11.6 Å². The first-order valence-corrected chi connectivity index (χ1v) is 8.45. The predicted molar refractivity (Wildman–Crippen MR) is 89.4 cm³/mol. The summed E-state index contributed by atoms with van der Waals surface area (Å²) in [4.78, 5) is 13.1. The van der Waals surface area contributed by atoms with E-state index in [1.165, 1.54) is 6.33 Å². The molecule has 4 rings (SSSR count). The zero-order chi connectivity index (χ0) is 16.5. The van der Waals surface area contributed by atoms with Crippen LogP contribution in [-0.4, -0.2) is 34.9 Å². The number of hydrogen-bond donors (Lipinski definition) is 1. The van der Waals surface area contributed by atoms with Gasteiger partial charge in [-0.2, -0.15) is 10.1 Å². The first kappa shape index (κ1) is 14.9. The zero-order valence-electron chi connectivity index (χ0n) is 13.2. The van der Waals surface area contributed by atoms with E-state index in [1.807, 2.05) is 25.1 Å². The van der Waals surface area contributed by atoms with E-state index in [2.05, 4.69) is 42.9 Å². The summed E-state index contributed by atoms with van der Waals surface area (Å²) in [6.45, 7) is 4.97. The normalized spacial score (nSPS) is 12.8. The fourth-order valence-corrected chi connectivity index (χ4v) is 3.49. The minimum absolute atomic E-state index is 0.0312. The molecule has 0 saturated heterocycles. The second-order valence-electron chi connectivity index (χ2n) is 5.18. The van der Waals surface area contributed by atoms with E-state index in [9.17, 15) is 0 Å². The number of rotatable bonds is 5. The third-order valence-corrected chi connectivity index (χ3v) is 4.71. The van der Waals surface area contributed by atoms with Crippen molar-refractivity contribution in [2.75, 3.05) is 0 Å². The summed E-state index contributed by atoms with van der Waals surface area (Å²) in [5, 5.41) is 11.4. The molecule has 0 spiro atoms. The highest BCUT2D eigenvalue weighted by atomic mass is 32.2. The molecule has 24 heavy (non-hydrogen) atoms. The number of aromatic nitrogens is 7. The van der Waals surface area contributed by atoms with Gasteiger partial charge in [-0.3, -0.25) is 5.10 Å². The fraction of sp³-hybridized carbons (Fsp3) is 0.267. The minimum Gasteiger partial charge on any atom is -0.338 e. The number of fused-ring (bicyclic) bond motifs is 1. The molecule has 1 N–H and O–H groups in total. The van der Waals surface area contributed by atoms with Crippen LogP contribution in [0.15, 0.2) is 40.3 Å². The van der Waals surface area contributed by atoms with Gasteiger partial charge in [0, 0.05) is 6.54 Å². The third-order valence-electron chi connectivity index (χ3n) is 3.63. The van der Waals surface area contributed by atoms with Crippen molar-refractivity contribution in [3.05, 3.63) is 36.5 Å². The van der Waals surface area contributed by atoms with Gasteiger partial charge in [0.2, 0.25) is 11.7 Å². The highest BCUT2D eigenvalue weighted by molar-refractivity contribution is 7.99. The van der Waals surface area contributed by atoms with Gasteiger partial charge in [0.1, 0.15) is 6.33 Å². The molecule has 3 heterocycles. The van der Waals surface area contributed by atoms with Crippen molar-refractivity contribution in [2.24, 2.45) is 0 Å². The molecule has 0 fully saturated rings. The standard InChI is InChI=1S/C15H15N7OS/c1-3-22-11-7-5-4-6-10(11)18-15(22)24-9(2)14-19-13(21-23-14)12-16-8-17-20-12/h4-9H,3H2,1-2H3,(H,16,17,20)/t9-/m1/s1. The Bertz CT molecular complexity index is 959. The third kappa shape index (κ3) is 2.56. The number of hydrogen-bond acceptors (Lipinski definition) is 7. The number of nitrogens with zero attached hydrogens (tertiary/aromatic N) is 6. The van der Waals surface area contributed by atoms with Gasteiger partial charge in [0.25, 0.3) is 0 Å². The van der Waals surface area contributed by atoms with Crippen LogP contribution in [0.2, 0.25) is 0 Å². The Labute approximate surface area is 141 Å². The topological polar surface area (TPSA) is 98.3 Å². The molecule has 0 aliphatic rings. The average molecular weight is 341 g/mol. The molecule has 0 aliphatic carbocycles. The largest absolute Gasteiger partial charge is 0.338 e. The van der Waals surface area contributed by atoms with Gasteiger partial charge in [-0.25, -0.2) is 9.97 Å². The Kier molecular flexibility index (Phi) is 3.77. The highest BCUT2D eigenvalue weighted by Gasteiger charge is 2.20. The molecular weight excluding hydrogens is 326 g/mol. The van der Waals surface area contributed by atoms with Crippen LogP contribution in [0, 0.1) is 0 Å². The summed E-state index contributed by atoms with van der Waals surface area (Å²) in [5.41, 5.74) is 2.12. The van der Waals surface area contributed by atoms with Gasteiger partial charge < -0.3 is 9.09 Å². The molecule has 1 atom stereocenters. The van der Waals surface area contributed by atoms with Crippen molar-refractivity contribution in [3.63, 3.8) is 0 Å². The lowest BCUT2D eigenvalue weighted by Crippen LogP contribution is -1.98. The Morgan fingerprint density at radius 1 is 1.29 bits per heavy atom. The smallest absolute Gasteiger partial charge is 0.240 e. The molecule has 0 amide bonds. The van der Waals surface area contributed by atoms with Crippen LogP contribution in [-0.2, 0) is 6.54 Å². The van der Waals surface area contributed by atoms with E-state index in [0.29, 0.717) is 17.5 Å². The van der Waals surface area contributed by atoms with Crippen LogP contribution in [0.4, 0.5) is 0 Å². The lowest BCUT2D eigenvalue weighted by molar-refractivity contribution is 0.380. The highest BCUT2D eigenvalue weighted by Crippen LogP contribution is 2.35. The van der Waals surface area contributed by atoms with Gasteiger partial charge in [0.15, 0.2) is 11.0 Å². The Balaban J connectivity index is 1.61. The molecule has 9 heteroatoms. The second kappa shape index (κ2) is 6.08. The molecule has 0 radical (unpaired) electrons. The molecule has 0 saturated carbocycles. The van der Waals surface area contributed by atoms with E-state index in [4.69, 9.17) is 9.51 Å². The van der Waals surface area contributed by atoms with Gasteiger partial charge in [-0.1, -0.05) is 29.1 Å². The van der Waals surface area contributed by atoms with Gasteiger partial charge in [-0.05, 0) is 26.0 Å². The van der Waals surface area contributed by atoms with Crippen LogP contribution in [0.5, 0.6) is 0 Å². The maximum atomic E-state index is 5.36. The predicted octanol–water partition coefficient (Wildman–Crippen LogP) is 3.08. The van der Waals surface area contributed by atoms with Crippen LogP contribution < -0.4 is 0 Å². The van der Waals surface area contributed by atoms with Gasteiger partial charge in [0.05, 0.1) is 16.3 Å². The number of thioether (sulfide) groups is 1. The summed E-state index contributed by atoms with van der Waals surface area (Å²) in [6, 6.07) is 8.12. The molecule has 4 aromatic rings. The van der Waals surface area contributed by atoms with Crippen LogP contribution in [0.3, 0.4) is 0 Å². The molecule has 122 valence electrons. The quantitative estimate of drug-likeness (QED) is 0.557. The maximum Gasteiger partial charge on any atom is 0.240 e. The van der Waals surface area contributed by atoms with Crippen molar-refractivity contribution >= 4 is 22.8 Å². The second-order valence-corrected chi connectivity index (χ2v) is 6.49. The summed E-state index contributed by atoms with van der Waals surface area (Å²) >= 11 is 1.59. The first-order valence-electron chi connectivity index (χ1n) is 7.57. The lowest BCUT2D eigenvalue weighted by Gasteiger charge is -2.08. The molecule has 8 nitrogen and oxygen atoms in total. The number of aryl methyl sites for hydroxylation is 1. The molecule has 0 aliphatic heterocycles. The average Bonchev–Trinajstić information content (AvgIpc) is 3.33. The van der Waals surface area contributed by atoms with Crippen molar-refractivity contribution in [1.29, 1.82) is 0 Å². The van der Waals surface area contributed by atoms with E-state index < -0.39 is 0 Å². The molecule has 1 aromatic carbocycles. The maximum absolute atomic E-state index is 5.36. The van der Waals surface area contributed by atoms with E-state index in [1.54, 1.807) is 11.8 Å². The number of H-pyrrole nitrogens is 1. The number of imidazole rings is 1. The Hall–Kier alpha value is -2.68. The molecule has 3 aromatic heterocycles. The zero-order valence-corrected chi connectivity index (χ0v) is 14.0. The SMILES string of the molecule is CCn1c(S[C@H](C)c2nc(-c3ncn[nH]3)no2)nc2ccccc21. The molecule has 0 unspecified atom stereocenters. The van der Waals surface area contributed by atoms with E-state index >= 15 is 0 Å². The number of nitrogens with one attached hydrogen (secondary N) is 1. The Morgan fingerprint density at radius 3 is 2.96 bits per heavy atom. The van der Waals surface area contributed by atoms with Crippen molar-refractivity contribution in [2.45, 2.75) is 30.8 Å². The van der Waals surface area contributed by atoms with Crippen LogP contribution in [0.1, 0.15) is 25.0 Å². The van der Waals surface area contributed by atoms with Gasteiger partial charge >= 0.3 is 0 Å². The monoisotopic (exact) mass is 341 g/mol. The number of para-hydroxylation sites is 2. The summed E-state index contributed by atoms with van der Waals surface area (Å²) in [7, 11) is 0. The summed E-state index contributed by atoms with van der Waals surface area (Å²) in [6.07, 6.45) is 1.41. The fourth-order valence-electron chi connectivity index (χ4n) is 2.47. The lowest BCUT2D eigenvalue weighted by atomic mass is 10.3. The number of aromatic amines is 1. The van der Waals surface area contributed by atoms with Gasteiger partial charge in [-0.15, -0.1) is 0 Å². The number of benzene rings is 1. The summed E-state index contributed by atoms with van der Waals surface area (Å²) in [5.74, 6) is 1.42. The minimum atomic E-state index is -0.0312. The van der Waals surface area contributed by atoms with Crippen LogP contribution in [0.25, 0.3) is 22.7 Å². The van der Waals surface area contributed by atoms with Crippen molar-refractivity contribution in [1.82, 2.24) is 34.9 Å². The molecular formula is C15H15N7OS. The van der Waals surface area contributed by atoms with E-state index in [-0.39, 0.29) is 5.25 Å². The van der Waals surface area contributed by atoms with E-state index in [0.717, 1.165) is 22.7 Å². The Morgan fingerprint density at radius 2 is 2.17 bits per heavy atom. The first-order chi connectivity index (χ1) is 11.8. The summed E-state index contributed by atoms with van der Waals surface area (Å²) < 4.78 is 7.55.